The van der Waals surface area contributed by atoms with Crippen molar-refractivity contribution in [3.05, 3.63) is 77.4 Å². The molecule has 4 nitrogen and oxygen atoms in total. The molecule has 2 atom stereocenters. The third-order valence-electron chi connectivity index (χ3n) is 5.95. The summed E-state index contributed by atoms with van der Waals surface area (Å²) in [5, 5.41) is 2.13. The summed E-state index contributed by atoms with van der Waals surface area (Å²) in [4.78, 5) is 22.8. The maximum atomic E-state index is 12.8. The zero-order valence-electron chi connectivity index (χ0n) is 15.7. The molecule has 2 aliphatic heterocycles. The molecule has 5 heteroatoms. The van der Waals surface area contributed by atoms with E-state index in [2.05, 4.69) is 51.7 Å². The van der Waals surface area contributed by atoms with Gasteiger partial charge in [-0.05, 0) is 53.6 Å². The van der Waals surface area contributed by atoms with Crippen LogP contribution in [0.3, 0.4) is 0 Å². The predicted octanol–water partition coefficient (Wildman–Crippen LogP) is 4.30. The molecule has 1 amide bonds. The standard InChI is InChI=1S/C23H23N3OS/c27-23(18-8-10-24-11-9-18)25-15-20-6-7-21(16-25)26(20)14-17-3-1-4-19(13-17)22-5-2-12-28-22/h1-5,8-13,20-21H,6-7,14-16H2. The number of thiophene rings is 1. The van der Waals surface area contributed by atoms with Gasteiger partial charge in [0.2, 0.25) is 0 Å². The van der Waals surface area contributed by atoms with E-state index in [4.69, 9.17) is 0 Å². The quantitative estimate of drug-likeness (QED) is 0.668. The van der Waals surface area contributed by atoms with Gasteiger partial charge in [-0.25, -0.2) is 0 Å². The van der Waals surface area contributed by atoms with Gasteiger partial charge < -0.3 is 4.90 Å². The van der Waals surface area contributed by atoms with Crippen LogP contribution < -0.4 is 0 Å². The molecule has 5 rings (SSSR count). The molecule has 3 aromatic rings. The highest BCUT2D eigenvalue weighted by atomic mass is 32.1. The first-order valence-electron chi connectivity index (χ1n) is 9.86. The SMILES string of the molecule is O=C(c1ccncc1)N1CC2CCC(C1)N2Cc1cccc(-c2cccs2)c1. The van der Waals surface area contributed by atoms with Gasteiger partial charge in [-0.3, -0.25) is 14.7 Å². The zero-order chi connectivity index (χ0) is 18.9. The number of hydrogen-bond donors (Lipinski definition) is 0. The smallest absolute Gasteiger partial charge is 0.254 e. The second-order valence-electron chi connectivity index (χ2n) is 7.68. The molecule has 0 saturated carbocycles. The van der Waals surface area contributed by atoms with Crippen LogP contribution in [0.25, 0.3) is 10.4 Å². The molecule has 2 aromatic heterocycles. The van der Waals surface area contributed by atoms with Crippen molar-refractivity contribution in [1.82, 2.24) is 14.8 Å². The molecule has 0 spiro atoms. The Labute approximate surface area is 169 Å². The van der Waals surface area contributed by atoms with Crippen molar-refractivity contribution in [2.75, 3.05) is 13.1 Å². The average molecular weight is 390 g/mol. The predicted molar refractivity (Wildman–Crippen MR) is 112 cm³/mol. The highest BCUT2D eigenvalue weighted by molar-refractivity contribution is 7.13. The van der Waals surface area contributed by atoms with Crippen LogP contribution >= 0.6 is 11.3 Å². The number of benzene rings is 1. The van der Waals surface area contributed by atoms with Crippen LogP contribution in [0.1, 0.15) is 28.8 Å². The number of nitrogens with zero attached hydrogens (tertiary/aromatic N) is 3. The number of aromatic nitrogens is 1. The maximum absolute atomic E-state index is 12.8. The van der Waals surface area contributed by atoms with Crippen LogP contribution in [0, 0.1) is 0 Å². The lowest BCUT2D eigenvalue weighted by molar-refractivity contribution is 0.0423. The fourth-order valence-electron chi connectivity index (χ4n) is 4.57. The van der Waals surface area contributed by atoms with E-state index in [1.54, 1.807) is 23.7 Å². The van der Waals surface area contributed by atoms with E-state index in [9.17, 15) is 4.79 Å². The number of rotatable bonds is 4. The highest BCUT2D eigenvalue weighted by Crippen LogP contribution is 2.33. The lowest BCUT2D eigenvalue weighted by Gasteiger charge is -2.41. The molecule has 28 heavy (non-hydrogen) atoms. The maximum Gasteiger partial charge on any atom is 0.254 e. The van der Waals surface area contributed by atoms with Crippen molar-refractivity contribution < 1.29 is 4.79 Å². The van der Waals surface area contributed by atoms with Gasteiger partial charge in [0.15, 0.2) is 0 Å². The first kappa shape index (κ1) is 17.6. The van der Waals surface area contributed by atoms with Crippen LogP contribution in [0.15, 0.2) is 66.3 Å². The summed E-state index contributed by atoms with van der Waals surface area (Å²) in [7, 11) is 0. The molecule has 4 heterocycles. The van der Waals surface area contributed by atoms with Crippen molar-refractivity contribution in [1.29, 1.82) is 0 Å². The van der Waals surface area contributed by atoms with Gasteiger partial charge in [-0.15, -0.1) is 11.3 Å². The minimum atomic E-state index is 0.138. The van der Waals surface area contributed by atoms with Gasteiger partial charge in [-0.1, -0.05) is 24.3 Å². The second kappa shape index (κ2) is 7.49. The Morgan fingerprint density at radius 1 is 1.04 bits per heavy atom. The first-order chi connectivity index (χ1) is 13.8. The third kappa shape index (κ3) is 3.36. The number of likely N-dealkylation sites (tertiary alicyclic amines) is 1. The van der Waals surface area contributed by atoms with Crippen LogP contribution in [0.4, 0.5) is 0 Å². The monoisotopic (exact) mass is 389 g/mol. The minimum Gasteiger partial charge on any atom is -0.336 e. The van der Waals surface area contributed by atoms with Crippen molar-refractivity contribution in [3.63, 3.8) is 0 Å². The second-order valence-corrected chi connectivity index (χ2v) is 8.63. The molecule has 2 aliphatic rings. The molecule has 2 unspecified atom stereocenters. The molecule has 0 radical (unpaired) electrons. The molecule has 0 aliphatic carbocycles. The Morgan fingerprint density at radius 2 is 1.82 bits per heavy atom. The summed E-state index contributed by atoms with van der Waals surface area (Å²) in [6, 6.07) is 17.7. The van der Waals surface area contributed by atoms with Crippen LogP contribution in [0.5, 0.6) is 0 Å². The zero-order valence-corrected chi connectivity index (χ0v) is 16.5. The summed E-state index contributed by atoms with van der Waals surface area (Å²) in [5.74, 6) is 0.138. The molecule has 2 bridgehead atoms. The Bertz CT molecular complexity index is 943. The van der Waals surface area contributed by atoms with Gasteiger partial charge in [0.1, 0.15) is 0 Å². The molecule has 142 valence electrons. The molecule has 2 fully saturated rings. The lowest BCUT2D eigenvalue weighted by Crippen LogP contribution is -2.54. The number of piperazine rings is 1. The molecule has 1 aromatic carbocycles. The van der Waals surface area contributed by atoms with Gasteiger partial charge in [-0.2, -0.15) is 0 Å². The van der Waals surface area contributed by atoms with Crippen molar-refractivity contribution in [3.8, 4) is 10.4 Å². The summed E-state index contributed by atoms with van der Waals surface area (Å²) in [5.41, 5.74) is 3.40. The fourth-order valence-corrected chi connectivity index (χ4v) is 5.29. The van der Waals surface area contributed by atoms with Crippen LogP contribution in [-0.4, -0.2) is 45.9 Å². The van der Waals surface area contributed by atoms with Crippen molar-refractivity contribution in [2.24, 2.45) is 0 Å². The van der Waals surface area contributed by atoms with E-state index in [-0.39, 0.29) is 5.91 Å². The Balaban J connectivity index is 1.30. The molecule has 0 N–H and O–H groups in total. The van der Waals surface area contributed by atoms with E-state index < -0.39 is 0 Å². The number of hydrogen-bond acceptors (Lipinski definition) is 4. The average Bonchev–Trinajstić information content (AvgIpc) is 3.35. The van der Waals surface area contributed by atoms with Gasteiger partial charge in [0.25, 0.3) is 5.91 Å². The molecule has 2 saturated heterocycles. The molecular weight excluding hydrogens is 366 g/mol. The summed E-state index contributed by atoms with van der Waals surface area (Å²) < 4.78 is 0. The minimum absolute atomic E-state index is 0.138. The van der Waals surface area contributed by atoms with Crippen molar-refractivity contribution >= 4 is 17.2 Å². The normalized spacial score (nSPS) is 21.8. The summed E-state index contributed by atoms with van der Waals surface area (Å²) in [6.45, 7) is 2.61. The molecular formula is C23H23N3OS. The Hall–Kier alpha value is -2.50. The van der Waals surface area contributed by atoms with Crippen molar-refractivity contribution in [2.45, 2.75) is 31.5 Å². The Kier molecular flexibility index (Phi) is 4.71. The Morgan fingerprint density at radius 3 is 2.54 bits per heavy atom. The largest absolute Gasteiger partial charge is 0.336 e. The van der Waals surface area contributed by atoms with E-state index in [0.717, 1.165) is 25.2 Å². The lowest BCUT2D eigenvalue weighted by atomic mass is 10.1. The summed E-state index contributed by atoms with van der Waals surface area (Å²) >= 11 is 1.78. The van der Waals surface area contributed by atoms with Crippen LogP contribution in [0.2, 0.25) is 0 Å². The first-order valence-corrected chi connectivity index (χ1v) is 10.7. The third-order valence-corrected chi connectivity index (χ3v) is 6.86. The van der Waals surface area contributed by atoms with Gasteiger partial charge >= 0.3 is 0 Å². The van der Waals surface area contributed by atoms with Gasteiger partial charge in [0, 0.05) is 54.6 Å². The van der Waals surface area contributed by atoms with Crippen LogP contribution in [-0.2, 0) is 6.54 Å². The number of amides is 1. The number of pyridine rings is 1. The topological polar surface area (TPSA) is 36.4 Å². The fraction of sp³-hybridized carbons (Fsp3) is 0.304. The van der Waals surface area contributed by atoms with E-state index in [1.165, 1.54) is 28.8 Å². The highest BCUT2D eigenvalue weighted by Gasteiger charge is 2.41. The summed E-state index contributed by atoms with van der Waals surface area (Å²) in [6.07, 6.45) is 5.74. The van der Waals surface area contributed by atoms with E-state index in [1.807, 2.05) is 17.0 Å². The number of fused-ring (bicyclic) bond motifs is 2. The number of carbonyl (C=O) groups is 1. The number of carbonyl (C=O) groups excluding carboxylic acids is 1. The van der Waals surface area contributed by atoms with E-state index in [0.29, 0.717) is 12.1 Å². The van der Waals surface area contributed by atoms with Gasteiger partial charge in [0.05, 0.1) is 0 Å². The van der Waals surface area contributed by atoms with E-state index >= 15 is 0 Å².